The van der Waals surface area contributed by atoms with Crippen molar-refractivity contribution in [2.24, 2.45) is 0 Å². The zero-order valence-electron chi connectivity index (χ0n) is 14.7. The number of carbonyl (C=O) groups excluding carboxylic acids is 2. The van der Waals surface area contributed by atoms with Gasteiger partial charge in [-0.2, -0.15) is 13.2 Å². The van der Waals surface area contributed by atoms with Crippen LogP contribution in [-0.4, -0.2) is 55.4 Å². The molecule has 1 aromatic rings. The number of nitrogens with one attached hydrogen (secondary N) is 2. The lowest BCUT2D eigenvalue weighted by molar-refractivity contribution is -0.153. The van der Waals surface area contributed by atoms with E-state index in [0.717, 1.165) is 12.8 Å². The molecule has 2 heterocycles. The maximum absolute atomic E-state index is 12.5. The van der Waals surface area contributed by atoms with Gasteiger partial charge < -0.3 is 20.1 Å². The fraction of sp³-hybridized carbons (Fsp3) is 0.588. The average molecular weight is 387 g/mol. The number of hydrogen-bond acceptors (Lipinski definition) is 5. The van der Waals surface area contributed by atoms with Crippen LogP contribution >= 0.6 is 0 Å². The summed E-state index contributed by atoms with van der Waals surface area (Å²) in [4.78, 5) is 28.2. The predicted molar refractivity (Wildman–Crippen MR) is 87.5 cm³/mol. The highest BCUT2D eigenvalue weighted by molar-refractivity contribution is 5.94. The average Bonchev–Trinajstić information content (AvgIpc) is 3.41. The molecule has 2 aliphatic rings. The normalized spacial score (nSPS) is 18.4. The number of pyridine rings is 1. The molecule has 1 saturated heterocycles. The largest absolute Gasteiger partial charge is 0.484 e. The lowest BCUT2D eigenvalue weighted by Crippen LogP contribution is -2.63. The minimum absolute atomic E-state index is 0.0141. The summed E-state index contributed by atoms with van der Waals surface area (Å²) in [6.07, 6.45) is -1.36. The minimum Gasteiger partial charge on any atom is -0.484 e. The van der Waals surface area contributed by atoms with Crippen molar-refractivity contribution in [2.75, 3.05) is 26.9 Å². The number of amides is 2. The number of alkyl halides is 3. The molecule has 3 rings (SSSR count). The third kappa shape index (κ3) is 4.88. The molecule has 0 atom stereocenters. The number of carbonyl (C=O) groups is 2. The Morgan fingerprint density at radius 1 is 1.37 bits per heavy atom. The molecule has 10 heteroatoms. The Kier molecular flexibility index (Phi) is 5.27. The van der Waals surface area contributed by atoms with E-state index >= 15 is 0 Å². The monoisotopic (exact) mass is 387 g/mol. The van der Waals surface area contributed by atoms with E-state index in [0.29, 0.717) is 5.56 Å². The first-order chi connectivity index (χ1) is 12.7. The molecule has 0 bridgehead atoms. The molecular formula is C17H20F3N3O4. The van der Waals surface area contributed by atoms with E-state index < -0.39 is 24.2 Å². The van der Waals surface area contributed by atoms with Crippen molar-refractivity contribution in [1.29, 1.82) is 0 Å². The van der Waals surface area contributed by atoms with Crippen LogP contribution in [0.4, 0.5) is 13.2 Å². The Balaban J connectivity index is 1.75. The van der Waals surface area contributed by atoms with Gasteiger partial charge in [-0.05, 0) is 18.8 Å². The van der Waals surface area contributed by atoms with Gasteiger partial charge in [-0.15, -0.1) is 0 Å². The lowest BCUT2D eigenvalue weighted by atomic mass is 9.92. The van der Waals surface area contributed by atoms with E-state index in [1.54, 1.807) is 0 Å². The van der Waals surface area contributed by atoms with Gasteiger partial charge in [-0.1, -0.05) is 0 Å². The maximum atomic E-state index is 12.5. The van der Waals surface area contributed by atoms with Gasteiger partial charge in [0.25, 0.3) is 5.91 Å². The van der Waals surface area contributed by atoms with Crippen LogP contribution in [0.25, 0.3) is 0 Å². The van der Waals surface area contributed by atoms with Gasteiger partial charge in [0.05, 0.1) is 25.2 Å². The Labute approximate surface area is 153 Å². The zero-order chi connectivity index (χ0) is 19.7. The molecule has 7 nitrogen and oxygen atoms in total. The second kappa shape index (κ2) is 7.34. The van der Waals surface area contributed by atoms with Crippen LogP contribution in [0.3, 0.4) is 0 Å². The fourth-order valence-corrected chi connectivity index (χ4v) is 2.82. The lowest BCUT2D eigenvalue weighted by Gasteiger charge is -2.41. The van der Waals surface area contributed by atoms with Crippen LogP contribution < -0.4 is 15.4 Å². The molecule has 2 amide bonds. The highest BCUT2D eigenvalue weighted by Crippen LogP contribution is 2.44. The van der Waals surface area contributed by atoms with Gasteiger partial charge in [-0.25, -0.2) is 0 Å². The van der Waals surface area contributed by atoms with Crippen molar-refractivity contribution in [3.05, 3.63) is 23.5 Å². The Hall–Kier alpha value is -2.36. The SMILES string of the molecule is CNC(=O)CC1(NC(=O)c2cc(OCC(F)(F)F)c(C3CC3)cn2)COC1. The number of rotatable bonds is 7. The Bertz CT molecular complexity index is 731. The van der Waals surface area contributed by atoms with Crippen LogP contribution in [0.1, 0.15) is 41.2 Å². The van der Waals surface area contributed by atoms with Crippen LogP contribution in [0.2, 0.25) is 0 Å². The number of nitrogens with zero attached hydrogens (tertiary/aromatic N) is 1. The van der Waals surface area contributed by atoms with E-state index in [2.05, 4.69) is 15.6 Å². The molecule has 1 aliphatic heterocycles. The van der Waals surface area contributed by atoms with Crippen LogP contribution in [0.5, 0.6) is 5.75 Å². The highest BCUT2D eigenvalue weighted by atomic mass is 19.4. The first-order valence-corrected chi connectivity index (χ1v) is 8.52. The van der Waals surface area contributed by atoms with Crippen molar-refractivity contribution in [3.63, 3.8) is 0 Å². The second-order valence-electron chi connectivity index (χ2n) is 6.86. The molecule has 1 saturated carbocycles. The quantitative estimate of drug-likeness (QED) is 0.741. The second-order valence-corrected chi connectivity index (χ2v) is 6.86. The summed E-state index contributed by atoms with van der Waals surface area (Å²) in [5, 5.41) is 5.19. The van der Waals surface area contributed by atoms with E-state index in [1.165, 1.54) is 19.3 Å². The van der Waals surface area contributed by atoms with Gasteiger partial charge in [0.2, 0.25) is 5.91 Å². The number of ether oxygens (including phenoxy) is 2. The van der Waals surface area contributed by atoms with E-state index in [9.17, 15) is 22.8 Å². The molecule has 27 heavy (non-hydrogen) atoms. The summed E-state index contributed by atoms with van der Waals surface area (Å²) in [7, 11) is 1.49. The van der Waals surface area contributed by atoms with Crippen molar-refractivity contribution >= 4 is 11.8 Å². The van der Waals surface area contributed by atoms with Gasteiger partial charge in [-0.3, -0.25) is 14.6 Å². The van der Waals surface area contributed by atoms with Gasteiger partial charge in [0.1, 0.15) is 11.4 Å². The summed E-state index contributed by atoms with van der Waals surface area (Å²) < 4.78 is 47.6. The van der Waals surface area contributed by atoms with E-state index in [-0.39, 0.29) is 42.9 Å². The van der Waals surface area contributed by atoms with E-state index in [1.807, 2.05) is 0 Å². The minimum atomic E-state index is -4.48. The van der Waals surface area contributed by atoms with Crippen molar-refractivity contribution in [3.8, 4) is 5.75 Å². The zero-order valence-corrected chi connectivity index (χ0v) is 14.7. The molecule has 0 spiro atoms. The standard InChI is InChI=1S/C17H20F3N3O4/c1-21-14(24)5-16(7-26-8-16)23-15(25)12-4-13(27-9-17(18,19)20)11(6-22-12)10-2-3-10/h4,6,10H,2-3,5,7-9H2,1H3,(H,21,24)(H,23,25). The van der Waals surface area contributed by atoms with Crippen LogP contribution in [0.15, 0.2) is 12.3 Å². The summed E-state index contributed by atoms with van der Waals surface area (Å²) in [5.41, 5.74) is -0.344. The molecule has 0 unspecified atom stereocenters. The third-order valence-corrected chi connectivity index (χ3v) is 4.45. The van der Waals surface area contributed by atoms with Crippen molar-refractivity contribution in [2.45, 2.75) is 36.9 Å². The van der Waals surface area contributed by atoms with Crippen LogP contribution in [0, 0.1) is 0 Å². The molecular weight excluding hydrogens is 367 g/mol. The summed E-state index contributed by atoms with van der Waals surface area (Å²) in [6.45, 7) is -1.10. The van der Waals surface area contributed by atoms with Crippen molar-refractivity contribution in [1.82, 2.24) is 15.6 Å². The fourth-order valence-electron chi connectivity index (χ4n) is 2.82. The van der Waals surface area contributed by atoms with Gasteiger partial charge >= 0.3 is 6.18 Å². The molecule has 0 radical (unpaired) electrons. The molecule has 1 aliphatic carbocycles. The summed E-state index contributed by atoms with van der Waals surface area (Å²) in [5.74, 6) is -0.732. The van der Waals surface area contributed by atoms with Crippen LogP contribution in [-0.2, 0) is 9.53 Å². The predicted octanol–water partition coefficient (Wildman–Crippen LogP) is 1.53. The van der Waals surface area contributed by atoms with E-state index in [4.69, 9.17) is 9.47 Å². The first kappa shape index (κ1) is 19.4. The molecule has 1 aromatic heterocycles. The molecule has 0 aromatic carbocycles. The topological polar surface area (TPSA) is 89.6 Å². The number of hydrogen-bond donors (Lipinski definition) is 2. The molecule has 2 fully saturated rings. The summed E-state index contributed by atoms with van der Waals surface area (Å²) >= 11 is 0. The number of halogens is 3. The Morgan fingerprint density at radius 2 is 2.07 bits per heavy atom. The highest BCUT2D eigenvalue weighted by Gasteiger charge is 2.42. The third-order valence-electron chi connectivity index (χ3n) is 4.45. The van der Waals surface area contributed by atoms with Crippen molar-refractivity contribution < 1.29 is 32.2 Å². The molecule has 148 valence electrons. The first-order valence-electron chi connectivity index (χ1n) is 8.52. The van der Waals surface area contributed by atoms with Gasteiger partial charge in [0, 0.05) is 24.9 Å². The van der Waals surface area contributed by atoms with Gasteiger partial charge in [0.15, 0.2) is 6.61 Å². The maximum Gasteiger partial charge on any atom is 0.422 e. The Morgan fingerprint density at radius 3 is 2.59 bits per heavy atom. The molecule has 2 N–H and O–H groups in total. The summed E-state index contributed by atoms with van der Waals surface area (Å²) in [6, 6.07) is 1.22. The number of aromatic nitrogens is 1. The smallest absolute Gasteiger partial charge is 0.422 e.